The average Bonchev–Trinajstić information content (AvgIpc) is 2.91. The minimum atomic E-state index is -0.850. The highest BCUT2D eigenvalue weighted by atomic mass is 19.1. The molecule has 0 spiro atoms. The molecule has 1 amide bonds. The molecule has 3 aromatic carbocycles. The SMILES string of the molecule is COc1cccc(C(CN2CCN(C(=O)c3c(F)cccc3F)CC2)OCc2ccc(C#N)cc2)c1. The Labute approximate surface area is 209 Å². The molecule has 0 N–H and O–H groups in total. The number of rotatable bonds is 8. The molecule has 0 radical (unpaired) electrons. The molecule has 1 atom stereocenters. The maximum atomic E-state index is 14.1. The molecule has 1 aliphatic heterocycles. The van der Waals surface area contributed by atoms with Crippen molar-refractivity contribution in [3.63, 3.8) is 0 Å². The van der Waals surface area contributed by atoms with Crippen molar-refractivity contribution in [1.82, 2.24) is 9.80 Å². The molecule has 186 valence electrons. The lowest BCUT2D eigenvalue weighted by Gasteiger charge is -2.36. The number of nitriles is 1. The van der Waals surface area contributed by atoms with Gasteiger partial charge in [-0.25, -0.2) is 8.78 Å². The number of carbonyl (C=O) groups excluding carboxylic acids is 1. The second-order valence-corrected chi connectivity index (χ2v) is 8.57. The summed E-state index contributed by atoms with van der Waals surface area (Å²) in [7, 11) is 1.61. The summed E-state index contributed by atoms with van der Waals surface area (Å²) in [5.41, 5.74) is 1.98. The fraction of sp³-hybridized carbons (Fsp3) is 0.286. The molecule has 8 heteroatoms. The Morgan fingerprint density at radius 1 is 1.00 bits per heavy atom. The van der Waals surface area contributed by atoms with Gasteiger partial charge in [0.25, 0.3) is 5.91 Å². The maximum absolute atomic E-state index is 14.1. The largest absolute Gasteiger partial charge is 0.497 e. The normalized spacial score (nSPS) is 14.8. The van der Waals surface area contributed by atoms with Gasteiger partial charge in [0.05, 0.1) is 31.5 Å². The van der Waals surface area contributed by atoms with Crippen LogP contribution < -0.4 is 4.74 Å². The van der Waals surface area contributed by atoms with Crippen molar-refractivity contribution < 1.29 is 23.0 Å². The van der Waals surface area contributed by atoms with E-state index in [1.165, 1.54) is 11.0 Å². The van der Waals surface area contributed by atoms with Crippen LogP contribution in [0.15, 0.2) is 66.7 Å². The Morgan fingerprint density at radius 3 is 2.31 bits per heavy atom. The number of ether oxygens (including phenoxy) is 2. The van der Waals surface area contributed by atoms with Crippen LogP contribution in [0.4, 0.5) is 8.78 Å². The molecular weight excluding hydrogens is 464 g/mol. The van der Waals surface area contributed by atoms with E-state index in [1.807, 2.05) is 36.4 Å². The number of carbonyl (C=O) groups is 1. The molecule has 0 saturated carbocycles. The molecule has 6 nitrogen and oxygen atoms in total. The minimum absolute atomic E-state index is 0.276. The van der Waals surface area contributed by atoms with Gasteiger partial charge < -0.3 is 14.4 Å². The Kier molecular flexibility index (Phi) is 8.26. The van der Waals surface area contributed by atoms with E-state index >= 15 is 0 Å². The van der Waals surface area contributed by atoms with Gasteiger partial charge in [-0.1, -0.05) is 30.3 Å². The van der Waals surface area contributed by atoms with E-state index in [0.29, 0.717) is 44.9 Å². The van der Waals surface area contributed by atoms with Crippen LogP contribution in [0.5, 0.6) is 5.75 Å². The molecule has 4 rings (SSSR count). The van der Waals surface area contributed by atoms with Crippen LogP contribution in [-0.4, -0.2) is 55.5 Å². The third-order valence-corrected chi connectivity index (χ3v) is 6.26. The van der Waals surface area contributed by atoms with Gasteiger partial charge in [0.1, 0.15) is 22.9 Å². The number of hydrogen-bond donors (Lipinski definition) is 0. The first kappa shape index (κ1) is 25.3. The summed E-state index contributed by atoms with van der Waals surface area (Å²) in [6.45, 7) is 2.73. The second-order valence-electron chi connectivity index (χ2n) is 8.57. The first-order valence-corrected chi connectivity index (χ1v) is 11.7. The predicted molar refractivity (Wildman–Crippen MR) is 130 cm³/mol. The predicted octanol–water partition coefficient (Wildman–Crippen LogP) is 4.56. The summed E-state index contributed by atoms with van der Waals surface area (Å²) in [6.07, 6.45) is -0.276. The quantitative estimate of drug-likeness (QED) is 0.462. The third kappa shape index (κ3) is 6.06. The molecule has 0 aromatic heterocycles. The Morgan fingerprint density at radius 2 is 1.67 bits per heavy atom. The molecular formula is C28H27F2N3O3. The van der Waals surface area contributed by atoms with Crippen LogP contribution >= 0.6 is 0 Å². The summed E-state index contributed by atoms with van der Waals surface area (Å²) in [6, 6.07) is 20.5. The van der Waals surface area contributed by atoms with Gasteiger partial charge in [-0.3, -0.25) is 9.69 Å². The van der Waals surface area contributed by atoms with Gasteiger partial charge in [0.2, 0.25) is 0 Å². The van der Waals surface area contributed by atoms with E-state index in [2.05, 4.69) is 11.0 Å². The first-order valence-electron chi connectivity index (χ1n) is 11.7. The first-order chi connectivity index (χ1) is 17.5. The number of piperazine rings is 1. The van der Waals surface area contributed by atoms with Crippen molar-refractivity contribution in [3.8, 4) is 11.8 Å². The van der Waals surface area contributed by atoms with Crippen molar-refractivity contribution in [2.45, 2.75) is 12.7 Å². The average molecular weight is 492 g/mol. The number of amides is 1. The monoisotopic (exact) mass is 491 g/mol. The number of benzene rings is 3. The van der Waals surface area contributed by atoms with Crippen LogP contribution in [0.1, 0.15) is 33.2 Å². The zero-order valence-corrected chi connectivity index (χ0v) is 20.0. The molecule has 0 bridgehead atoms. The Bertz CT molecular complexity index is 1220. The van der Waals surface area contributed by atoms with Gasteiger partial charge in [0.15, 0.2) is 0 Å². The standard InChI is InChI=1S/C28H27F2N3O3/c1-35-23-5-2-4-22(16-23)26(36-19-21-10-8-20(17-31)9-11-21)18-32-12-14-33(15-13-32)28(34)27-24(29)6-3-7-25(27)30/h2-11,16,26H,12-15,18-19H2,1H3. The van der Waals surface area contributed by atoms with Crippen molar-refractivity contribution in [3.05, 3.63) is 101 Å². The lowest BCUT2D eigenvalue weighted by Crippen LogP contribution is -2.50. The third-order valence-electron chi connectivity index (χ3n) is 6.26. The van der Waals surface area contributed by atoms with Crippen LogP contribution in [0.25, 0.3) is 0 Å². The highest BCUT2D eigenvalue weighted by molar-refractivity contribution is 5.94. The lowest BCUT2D eigenvalue weighted by atomic mass is 10.1. The van der Waals surface area contributed by atoms with Gasteiger partial charge in [0, 0.05) is 32.7 Å². The highest BCUT2D eigenvalue weighted by Gasteiger charge is 2.28. The van der Waals surface area contributed by atoms with E-state index in [9.17, 15) is 13.6 Å². The Hall–Kier alpha value is -3.80. The second kappa shape index (κ2) is 11.8. The molecule has 3 aromatic rings. The van der Waals surface area contributed by atoms with E-state index in [-0.39, 0.29) is 6.10 Å². The Balaban J connectivity index is 1.42. The highest BCUT2D eigenvalue weighted by Crippen LogP contribution is 2.25. The molecule has 0 aliphatic carbocycles. The number of nitrogens with zero attached hydrogens (tertiary/aromatic N) is 3. The van der Waals surface area contributed by atoms with E-state index in [0.717, 1.165) is 29.0 Å². The van der Waals surface area contributed by atoms with E-state index in [1.54, 1.807) is 19.2 Å². The lowest BCUT2D eigenvalue weighted by molar-refractivity contribution is 0.00324. The summed E-state index contributed by atoms with van der Waals surface area (Å²) in [5, 5.41) is 9.01. The van der Waals surface area contributed by atoms with Gasteiger partial charge >= 0.3 is 0 Å². The number of methoxy groups -OCH3 is 1. The van der Waals surface area contributed by atoms with Crippen LogP contribution in [0.3, 0.4) is 0 Å². The van der Waals surface area contributed by atoms with Crippen LogP contribution in [0.2, 0.25) is 0 Å². The maximum Gasteiger partial charge on any atom is 0.259 e. The van der Waals surface area contributed by atoms with Crippen molar-refractivity contribution in [2.24, 2.45) is 0 Å². The van der Waals surface area contributed by atoms with Crippen molar-refractivity contribution in [2.75, 3.05) is 39.8 Å². The van der Waals surface area contributed by atoms with E-state index < -0.39 is 23.1 Å². The van der Waals surface area contributed by atoms with Gasteiger partial charge in [-0.05, 0) is 47.5 Å². The summed E-state index contributed by atoms with van der Waals surface area (Å²) < 4.78 is 39.8. The number of hydrogen-bond acceptors (Lipinski definition) is 5. The van der Waals surface area contributed by atoms with Gasteiger partial charge in [-0.2, -0.15) is 5.26 Å². The van der Waals surface area contributed by atoms with Gasteiger partial charge in [-0.15, -0.1) is 0 Å². The zero-order chi connectivity index (χ0) is 25.5. The van der Waals surface area contributed by atoms with Crippen LogP contribution in [0, 0.1) is 23.0 Å². The number of halogens is 2. The van der Waals surface area contributed by atoms with Crippen molar-refractivity contribution >= 4 is 5.91 Å². The van der Waals surface area contributed by atoms with E-state index in [4.69, 9.17) is 14.7 Å². The summed E-state index contributed by atoms with van der Waals surface area (Å²) >= 11 is 0. The summed E-state index contributed by atoms with van der Waals surface area (Å²) in [4.78, 5) is 16.4. The molecule has 1 fully saturated rings. The summed E-state index contributed by atoms with van der Waals surface area (Å²) in [5.74, 6) is -1.61. The smallest absolute Gasteiger partial charge is 0.259 e. The molecule has 36 heavy (non-hydrogen) atoms. The van der Waals surface area contributed by atoms with Crippen molar-refractivity contribution in [1.29, 1.82) is 5.26 Å². The minimum Gasteiger partial charge on any atom is -0.497 e. The zero-order valence-electron chi connectivity index (χ0n) is 20.0. The molecule has 1 heterocycles. The fourth-order valence-corrected chi connectivity index (χ4v) is 4.20. The van der Waals surface area contributed by atoms with Crippen LogP contribution in [-0.2, 0) is 11.3 Å². The molecule has 1 unspecified atom stereocenters. The topological polar surface area (TPSA) is 65.8 Å². The molecule has 1 saturated heterocycles. The molecule has 1 aliphatic rings. The fourth-order valence-electron chi connectivity index (χ4n) is 4.20.